The summed E-state index contributed by atoms with van der Waals surface area (Å²) in [6.45, 7) is 5.85. The van der Waals surface area contributed by atoms with Gasteiger partial charge >= 0.3 is 0 Å². The second-order valence-electron chi connectivity index (χ2n) is 7.71. The number of ether oxygens (including phenoxy) is 2. The van der Waals surface area contributed by atoms with E-state index in [1.165, 1.54) is 18.5 Å². The zero-order chi connectivity index (χ0) is 23.3. The lowest BCUT2D eigenvalue weighted by Gasteiger charge is -2.35. The average molecular weight is 462 g/mol. The third-order valence-corrected chi connectivity index (χ3v) is 6.80. The van der Waals surface area contributed by atoms with E-state index in [9.17, 15) is 13.2 Å². The molecule has 8 nitrogen and oxygen atoms in total. The monoisotopic (exact) mass is 461 g/mol. The van der Waals surface area contributed by atoms with Crippen molar-refractivity contribution in [1.82, 2.24) is 9.80 Å². The van der Waals surface area contributed by atoms with Crippen molar-refractivity contribution < 1.29 is 22.7 Å². The van der Waals surface area contributed by atoms with Gasteiger partial charge in [-0.05, 0) is 18.2 Å². The fourth-order valence-electron chi connectivity index (χ4n) is 3.81. The zero-order valence-electron chi connectivity index (χ0n) is 19.1. The van der Waals surface area contributed by atoms with E-state index in [1.807, 2.05) is 30.3 Å². The smallest absolute Gasteiger partial charge is 0.256 e. The molecule has 0 aromatic heterocycles. The molecule has 1 aliphatic heterocycles. The fraction of sp³-hybridized carbons (Fsp3) is 0.435. The molecule has 0 aliphatic carbocycles. The van der Waals surface area contributed by atoms with Gasteiger partial charge in [0, 0.05) is 32.2 Å². The Hall–Kier alpha value is -2.78. The summed E-state index contributed by atoms with van der Waals surface area (Å²) >= 11 is 0. The molecule has 0 saturated carbocycles. The molecule has 0 bridgehead atoms. The predicted octanol–water partition coefficient (Wildman–Crippen LogP) is 2.45. The number of methoxy groups -OCH3 is 2. The standard InChI is InChI=1S/C23H31N3O5S/c1-5-24-11-13-25(14-12-24)23(27)19-15-21(30-2)22(31-3)16-20(19)26(32(4,28)29)17-18-9-7-6-8-10-18/h6-10,15-16H,5,11-14,17H2,1-4H3. The maximum atomic E-state index is 13.6. The van der Waals surface area contributed by atoms with Gasteiger partial charge in [0.2, 0.25) is 10.0 Å². The Kier molecular flexibility index (Phi) is 7.63. The number of likely N-dealkylation sites (N-methyl/N-ethyl adjacent to an activating group) is 1. The first-order chi connectivity index (χ1) is 15.3. The van der Waals surface area contributed by atoms with Crippen LogP contribution in [0.2, 0.25) is 0 Å². The second kappa shape index (κ2) is 10.2. The summed E-state index contributed by atoms with van der Waals surface area (Å²) in [6.07, 6.45) is 1.14. The van der Waals surface area contributed by atoms with Crippen LogP contribution < -0.4 is 13.8 Å². The van der Waals surface area contributed by atoms with Crippen molar-refractivity contribution in [3.63, 3.8) is 0 Å². The molecule has 0 radical (unpaired) electrons. The van der Waals surface area contributed by atoms with Gasteiger partial charge in [0.05, 0.1) is 38.3 Å². The van der Waals surface area contributed by atoms with Crippen LogP contribution in [-0.4, -0.2) is 77.3 Å². The van der Waals surface area contributed by atoms with Crippen molar-refractivity contribution in [2.24, 2.45) is 0 Å². The molecule has 1 aliphatic rings. The van der Waals surface area contributed by atoms with E-state index in [4.69, 9.17) is 9.47 Å². The van der Waals surface area contributed by atoms with Crippen molar-refractivity contribution in [3.05, 3.63) is 53.6 Å². The normalized spacial score (nSPS) is 14.8. The molecular formula is C23H31N3O5S. The van der Waals surface area contributed by atoms with Gasteiger partial charge in [-0.3, -0.25) is 9.10 Å². The predicted molar refractivity (Wildman–Crippen MR) is 125 cm³/mol. The highest BCUT2D eigenvalue weighted by atomic mass is 32.2. The molecule has 3 rings (SSSR count). The molecule has 32 heavy (non-hydrogen) atoms. The maximum Gasteiger partial charge on any atom is 0.256 e. The zero-order valence-corrected chi connectivity index (χ0v) is 19.9. The lowest BCUT2D eigenvalue weighted by molar-refractivity contribution is 0.0643. The van der Waals surface area contributed by atoms with Gasteiger partial charge in [-0.25, -0.2) is 8.42 Å². The Bertz CT molecular complexity index is 1040. The molecule has 1 heterocycles. The molecule has 2 aromatic rings. The van der Waals surface area contributed by atoms with Crippen LogP contribution >= 0.6 is 0 Å². The summed E-state index contributed by atoms with van der Waals surface area (Å²) in [5, 5.41) is 0. The number of benzene rings is 2. The molecule has 0 N–H and O–H groups in total. The Labute approximate surface area is 190 Å². The van der Waals surface area contributed by atoms with Crippen LogP contribution in [0.25, 0.3) is 0 Å². The number of hydrogen-bond acceptors (Lipinski definition) is 6. The molecular weight excluding hydrogens is 430 g/mol. The summed E-state index contributed by atoms with van der Waals surface area (Å²) in [4.78, 5) is 17.6. The Morgan fingerprint density at radius 1 is 1.00 bits per heavy atom. The minimum Gasteiger partial charge on any atom is -0.493 e. The molecule has 0 spiro atoms. The number of carbonyl (C=O) groups is 1. The average Bonchev–Trinajstić information content (AvgIpc) is 2.81. The maximum absolute atomic E-state index is 13.6. The highest BCUT2D eigenvalue weighted by Crippen LogP contribution is 2.37. The van der Waals surface area contributed by atoms with Crippen molar-refractivity contribution in [3.8, 4) is 11.5 Å². The van der Waals surface area contributed by atoms with E-state index >= 15 is 0 Å². The summed E-state index contributed by atoms with van der Waals surface area (Å²) in [7, 11) is -0.731. The van der Waals surface area contributed by atoms with Crippen LogP contribution in [0.4, 0.5) is 5.69 Å². The molecule has 0 unspecified atom stereocenters. The molecule has 174 valence electrons. The number of nitrogens with zero attached hydrogens (tertiary/aromatic N) is 3. The van der Waals surface area contributed by atoms with E-state index in [0.29, 0.717) is 24.6 Å². The van der Waals surface area contributed by atoms with Crippen LogP contribution in [0.5, 0.6) is 11.5 Å². The van der Waals surface area contributed by atoms with Gasteiger partial charge in [0.15, 0.2) is 11.5 Å². The summed E-state index contributed by atoms with van der Waals surface area (Å²) in [6, 6.07) is 12.4. The van der Waals surface area contributed by atoms with Crippen LogP contribution in [0.1, 0.15) is 22.8 Å². The second-order valence-corrected chi connectivity index (χ2v) is 9.61. The number of amides is 1. The summed E-state index contributed by atoms with van der Waals surface area (Å²) in [5.41, 5.74) is 1.36. The summed E-state index contributed by atoms with van der Waals surface area (Å²) in [5.74, 6) is 0.509. The van der Waals surface area contributed by atoms with Crippen molar-refractivity contribution in [2.75, 3.05) is 57.5 Å². The topological polar surface area (TPSA) is 79.4 Å². The quantitative estimate of drug-likeness (QED) is 0.601. The van der Waals surface area contributed by atoms with Gasteiger partial charge in [-0.1, -0.05) is 37.3 Å². The van der Waals surface area contributed by atoms with E-state index in [2.05, 4.69) is 11.8 Å². The first-order valence-electron chi connectivity index (χ1n) is 10.6. The first kappa shape index (κ1) is 23.9. The third kappa shape index (κ3) is 5.34. The Morgan fingerprint density at radius 2 is 1.59 bits per heavy atom. The van der Waals surface area contributed by atoms with E-state index in [1.54, 1.807) is 17.0 Å². The Morgan fingerprint density at radius 3 is 2.12 bits per heavy atom. The lowest BCUT2D eigenvalue weighted by Crippen LogP contribution is -2.48. The van der Waals surface area contributed by atoms with Crippen LogP contribution in [-0.2, 0) is 16.6 Å². The molecule has 9 heteroatoms. The van der Waals surface area contributed by atoms with Crippen LogP contribution in [0, 0.1) is 0 Å². The highest BCUT2D eigenvalue weighted by molar-refractivity contribution is 7.92. The van der Waals surface area contributed by atoms with Gasteiger partial charge in [0.25, 0.3) is 5.91 Å². The van der Waals surface area contributed by atoms with E-state index < -0.39 is 10.0 Å². The fourth-order valence-corrected chi connectivity index (χ4v) is 4.71. The molecule has 2 aromatic carbocycles. The number of hydrogen-bond donors (Lipinski definition) is 0. The van der Waals surface area contributed by atoms with Crippen LogP contribution in [0.3, 0.4) is 0 Å². The van der Waals surface area contributed by atoms with Crippen LogP contribution in [0.15, 0.2) is 42.5 Å². The van der Waals surface area contributed by atoms with Gasteiger partial charge < -0.3 is 19.3 Å². The number of sulfonamides is 1. The lowest BCUT2D eigenvalue weighted by atomic mass is 10.1. The summed E-state index contributed by atoms with van der Waals surface area (Å²) < 4.78 is 37.8. The number of carbonyl (C=O) groups excluding carboxylic acids is 1. The minimum absolute atomic E-state index is 0.0963. The largest absolute Gasteiger partial charge is 0.493 e. The number of piperazine rings is 1. The minimum atomic E-state index is -3.70. The first-order valence-corrected chi connectivity index (χ1v) is 12.4. The molecule has 1 saturated heterocycles. The SMILES string of the molecule is CCN1CCN(C(=O)c2cc(OC)c(OC)cc2N(Cc2ccccc2)S(C)(=O)=O)CC1. The third-order valence-electron chi connectivity index (χ3n) is 5.68. The van der Waals surface area contributed by atoms with Gasteiger partial charge in [-0.15, -0.1) is 0 Å². The molecule has 1 amide bonds. The number of anilines is 1. The van der Waals surface area contributed by atoms with E-state index in [0.717, 1.165) is 31.5 Å². The van der Waals surface area contributed by atoms with Gasteiger partial charge in [-0.2, -0.15) is 0 Å². The molecule has 1 fully saturated rings. The van der Waals surface area contributed by atoms with E-state index in [-0.39, 0.29) is 23.7 Å². The number of rotatable bonds is 8. The van der Waals surface area contributed by atoms with Crippen molar-refractivity contribution in [2.45, 2.75) is 13.5 Å². The molecule has 0 atom stereocenters. The van der Waals surface area contributed by atoms with Crippen molar-refractivity contribution in [1.29, 1.82) is 0 Å². The highest BCUT2D eigenvalue weighted by Gasteiger charge is 2.30. The Balaban J connectivity index is 2.08. The van der Waals surface area contributed by atoms with Gasteiger partial charge in [0.1, 0.15) is 0 Å². The van der Waals surface area contributed by atoms with Crippen molar-refractivity contribution >= 4 is 21.6 Å².